The summed E-state index contributed by atoms with van der Waals surface area (Å²) in [6.07, 6.45) is 2.66. The Labute approximate surface area is 139 Å². The van der Waals surface area contributed by atoms with Crippen LogP contribution < -0.4 is 14.9 Å². The van der Waals surface area contributed by atoms with Crippen LogP contribution in [0.25, 0.3) is 0 Å². The Morgan fingerprint density at radius 2 is 1.70 bits per heavy atom. The van der Waals surface area contributed by atoms with Crippen LogP contribution in [0.5, 0.6) is 11.5 Å². The van der Waals surface area contributed by atoms with Crippen molar-refractivity contribution in [1.29, 1.82) is 0 Å². The third kappa shape index (κ3) is 3.51. The van der Waals surface area contributed by atoms with E-state index in [2.05, 4.69) is 27.7 Å². The first kappa shape index (κ1) is 16.7. The molecule has 0 atom stereocenters. The van der Waals surface area contributed by atoms with Crippen LogP contribution >= 0.6 is 0 Å². The molecule has 0 amide bonds. The molecular formula is C18H27BO4. The van der Waals surface area contributed by atoms with Gasteiger partial charge in [0.25, 0.3) is 0 Å². The molecule has 1 aromatic carbocycles. The molecule has 1 saturated carbocycles. The summed E-state index contributed by atoms with van der Waals surface area (Å²) in [6.45, 7) is 12.3. The molecule has 0 spiro atoms. The lowest BCUT2D eigenvalue weighted by Gasteiger charge is -2.32. The van der Waals surface area contributed by atoms with Crippen LogP contribution in [0.15, 0.2) is 18.2 Å². The molecule has 1 saturated heterocycles. The largest absolute Gasteiger partial charge is 0.498 e. The van der Waals surface area contributed by atoms with Gasteiger partial charge in [0, 0.05) is 11.5 Å². The molecule has 3 rings (SSSR count). The van der Waals surface area contributed by atoms with Crippen LogP contribution in [0.4, 0.5) is 0 Å². The Kier molecular flexibility index (Phi) is 4.13. The van der Waals surface area contributed by atoms with Gasteiger partial charge in [-0.1, -0.05) is 6.07 Å². The van der Waals surface area contributed by atoms with Crippen molar-refractivity contribution in [2.45, 2.75) is 77.8 Å². The molecule has 1 aromatic rings. The lowest BCUT2D eigenvalue weighted by molar-refractivity contribution is 0.00578. The van der Waals surface area contributed by atoms with Crippen LogP contribution in [-0.2, 0) is 9.31 Å². The highest BCUT2D eigenvalue weighted by Crippen LogP contribution is 2.38. The third-order valence-corrected chi connectivity index (χ3v) is 4.68. The maximum absolute atomic E-state index is 6.17. The molecule has 1 aliphatic heterocycles. The highest BCUT2D eigenvalue weighted by atomic mass is 16.7. The van der Waals surface area contributed by atoms with E-state index in [4.69, 9.17) is 18.8 Å². The maximum atomic E-state index is 6.17. The van der Waals surface area contributed by atoms with Gasteiger partial charge in [-0.2, -0.15) is 0 Å². The molecule has 1 aliphatic carbocycles. The van der Waals surface area contributed by atoms with Crippen LogP contribution in [-0.4, -0.2) is 30.5 Å². The fourth-order valence-corrected chi connectivity index (χ4v) is 2.49. The monoisotopic (exact) mass is 318 g/mol. The van der Waals surface area contributed by atoms with Crippen molar-refractivity contribution in [2.24, 2.45) is 0 Å². The van der Waals surface area contributed by atoms with Crippen LogP contribution in [0.3, 0.4) is 0 Å². The van der Waals surface area contributed by atoms with Gasteiger partial charge in [-0.25, -0.2) is 0 Å². The van der Waals surface area contributed by atoms with Crippen molar-refractivity contribution >= 4 is 12.6 Å². The molecular weight excluding hydrogens is 291 g/mol. The standard InChI is InChI=1S/C18H27BO4/c1-12(2)20-14-9-10-15(16(11-14)21-13-7-8-13)19-22-17(3,4)18(5,6)23-19/h9-13H,7-8H2,1-6H3. The minimum atomic E-state index is -0.415. The van der Waals surface area contributed by atoms with E-state index in [0.717, 1.165) is 29.8 Å². The van der Waals surface area contributed by atoms with Crippen molar-refractivity contribution in [3.8, 4) is 11.5 Å². The van der Waals surface area contributed by atoms with Crippen molar-refractivity contribution in [2.75, 3.05) is 0 Å². The number of ether oxygens (including phenoxy) is 2. The van der Waals surface area contributed by atoms with Gasteiger partial charge in [0.1, 0.15) is 11.5 Å². The third-order valence-electron chi connectivity index (χ3n) is 4.68. The van der Waals surface area contributed by atoms with Crippen LogP contribution in [0.1, 0.15) is 54.4 Å². The molecule has 4 nitrogen and oxygen atoms in total. The van der Waals surface area contributed by atoms with Crippen molar-refractivity contribution < 1.29 is 18.8 Å². The van der Waals surface area contributed by atoms with Crippen LogP contribution in [0.2, 0.25) is 0 Å². The predicted molar refractivity (Wildman–Crippen MR) is 91.6 cm³/mol. The van der Waals surface area contributed by atoms with E-state index in [0.29, 0.717) is 6.10 Å². The zero-order valence-corrected chi connectivity index (χ0v) is 15.0. The summed E-state index contributed by atoms with van der Waals surface area (Å²) in [5.41, 5.74) is 0.218. The predicted octanol–water partition coefficient (Wildman–Crippen LogP) is 3.31. The van der Waals surface area contributed by atoms with Gasteiger partial charge in [0.05, 0.1) is 23.4 Å². The van der Waals surface area contributed by atoms with E-state index in [1.807, 2.05) is 32.0 Å². The highest BCUT2D eigenvalue weighted by molar-refractivity contribution is 6.63. The second kappa shape index (κ2) is 5.71. The van der Waals surface area contributed by atoms with Crippen molar-refractivity contribution in [1.82, 2.24) is 0 Å². The zero-order chi connectivity index (χ0) is 16.8. The van der Waals surface area contributed by atoms with Gasteiger partial charge < -0.3 is 18.8 Å². The zero-order valence-electron chi connectivity index (χ0n) is 15.0. The second-order valence-electron chi connectivity index (χ2n) is 7.77. The molecule has 2 fully saturated rings. The van der Waals surface area contributed by atoms with E-state index in [1.165, 1.54) is 0 Å². The molecule has 5 heteroatoms. The SMILES string of the molecule is CC(C)Oc1ccc(B2OC(C)(C)C(C)(C)O2)c(OC2CC2)c1. The summed E-state index contributed by atoms with van der Waals surface area (Å²) in [5.74, 6) is 1.63. The lowest BCUT2D eigenvalue weighted by Crippen LogP contribution is -2.41. The van der Waals surface area contributed by atoms with Crippen molar-refractivity contribution in [3.63, 3.8) is 0 Å². The average molecular weight is 318 g/mol. The van der Waals surface area contributed by atoms with E-state index in [1.54, 1.807) is 0 Å². The molecule has 0 bridgehead atoms. The highest BCUT2D eigenvalue weighted by Gasteiger charge is 2.52. The number of benzene rings is 1. The first-order valence-electron chi connectivity index (χ1n) is 8.51. The second-order valence-corrected chi connectivity index (χ2v) is 7.77. The van der Waals surface area contributed by atoms with E-state index >= 15 is 0 Å². The first-order chi connectivity index (χ1) is 10.7. The molecule has 0 unspecified atom stereocenters. The fourth-order valence-electron chi connectivity index (χ4n) is 2.49. The molecule has 126 valence electrons. The Hall–Kier alpha value is -1.20. The van der Waals surface area contributed by atoms with E-state index in [-0.39, 0.29) is 17.3 Å². The number of rotatable bonds is 5. The summed E-state index contributed by atoms with van der Waals surface area (Å²) in [5, 5.41) is 0. The van der Waals surface area contributed by atoms with E-state index < -0.39 is 7.12 Å². The molecule has 23 heavy (non-hydrogen) atoms. The average Bonchev–Trinajstić information content (AvgIpc) is 3.17. The van der Waals surface area contributed by atoms with Gasteiger partial charge >= 0.3 is 7.12 Å². The number of hydrogen-bond donors (Lipinski definition) is 0. The van der Waals surface area contributed by atoms with Crippen LogP contribution in [0, 0.1) is 0 Å². The maximum Gasteiger partial charge on any atom is 0.498 e. The smallest absolute Gasteiger partial charge is 0.491 e. The minimum Gasteiger partial charge on any atom is -0.491 e. The van der Waals surface area contributed by atoms with Gasteiger partial charge in [-0.3, -0.25) is 0 Å². The van der Waals surface area contributed by atoms with Gasteiger partial charge in [0.2, 0.25) is 0 Å². The Morgan fingerprint density at radius 1 is 1.09 bits per heavy atom. The van der Waals surface area contributed by atoms with E-state index in [9.17, 15) is 0 Å². The molecule has 2 aliphatic rings. The molecule has 1 heterocycles. The fraction of sp³-hybridized carbons (Fsp3) is 0.667. The lowest BCUT2D eigenvalue weighted by atomic mass is 9.78. The summed E-state index contributed by atoms with van der Waals surface area (Å²) >= 11 is 0. The topological polar surface area (TPSA) is 36.9 Å². The summed E-state index contributed by atoms with van der Waals surface area (Å²) < 4.78 is 24.2. The van der Waals surface area contributed by atoms with Gasteiger partial charge in [-0.05, 0) is 60.5 Å². The van der Waals surface area contributed by atoms with Gasteiger partial charge in [0.15, 0.2) is 0 Å². The minimum absolute atomic E-state index is 0.131. The van der Waals surface area contributed by atoms with Gasteiger partial charge in [-0.15, -0.1) is 0 Å². The molecule has 0 aromatic heterocycles. The normalized spacial score (nSPS) is 22.5. The quantitative estimate of drug-likeness (QED) is 0.781. The molecule has 0 radical (unpaired) electrons. The summed E-state index contributed by atoms with van der Waals surface area (Å²) in [4.78, 5) is 0. The Balaban J connectivity index is 1.88. The summed E-state index contributed by atoms with van der Waals surface area (Å²) in [7, 11) is -0.415. The summed E-state index contributed by atoms with van der Waals surface area (Å²) in [6, 6.07) is 5.91. The Bertz CT molecular complexity index is 562. The number of hydrogen-bond acceptors (Lipinski definition) is 4. The molecule has 0 N–H and O–H groups in total. The van der Waals surface area contributed by atoms with Crippen molar-refractivity contribution in [3.05, 3.63) is 18.2 Å². The first-order valence-corrected chi connectivity index (χ1v) is 8.51. The Morgan fingerprint density at radius 3 is 2.22 bits per heavy atom.